The van der Waals surface area contributed by atoms with Crippen molar-refractivity contribution in [1.82, 2.24) is 0 Å². The smallest absolute Gasteiger partial charge is 0.188 e. The summed E-state index contributed by atoms with van der Waals surface area (Å²) < 4.78 is 25.3. The zero-order chi connectivity index (χ0) is 17.7. The summed E-state index contributed by atoms with van der Waals surface area (Å²) in [6, 6.07) is 10.0. The fourth-order valence-corrected chi connectivity index (χ4v) is 2.51. The molecule has 0 aliphatic carbocycles. The van der Waals surface area contributed by atoms with Gasteiger partial charge < -0.3 is 19.7 Å². The third-order valence-electron chi connectivity index (χ3n) is 3.88. The number of halogens is 1. The topological polar surface area (TPSA) is 58.9 Å². The fourth-order valence-electron chi connectivity index (χ4n) is 2.51. The van der Waals surface area contributed by atoms with E-state index in [0.29, 0.717) is 11.1 Å². The van der Waals surface area contributed by atoms with Crippen LogP contribution in [0.15, 0.2) is 36.4 Å². The van der Waals surface area contributed by atoms with Crippen molar-refractivity contribution in [3.05, 3.63) is 64.5 Å². The Morgan fingerprint density at radius 1 is 1.08 bits per heavy atom. The summed E-state index contributed by atoms with van der Waals surface area (Å²) in [6.07, 6.45) is -1.18. The average Bonchev–Trinajstić information content (AvgIpc) is 2.59. The van der Waals surface area contributed by atoms with E-state index < -0.39 is 11.9 Å². The van der Waals surface area contributed by atoms with Gasteiger partial charge in [-0.05, 0) is 28.7 Å². The molecule has 0 bridgehead atoms. The lowest BCUT2D eigenvalue weighted by molar-refractivity contribution is 0.0483. The Bertz CT molecular complexity index is 668. The third-order valence-corrected chi connectivity index (χ3v) is 3.88. The first-order valence-electron chi connectivity index (χ1n) is 7.81. The molecule has 0 fully saturated rings. The lowest BCUT2D eigenvalue weighted by Gasteiger charge is -2.20. The second kappa shape index (κ2) is 8.24. The van der Waals surface area contributed by atoms with Gasteiger partial charge in [0.25, 0.3) is 0 Å². The Labute approximate surface area is 141 Å². The number of benzene rings is 2. The Hall–Kier alpha value is -1.95. The molecule has 0 amide bonds. The molecule has 4 nitrogen and oxygen atoms in total. The molecule has 0 radical (unpaired) electrons. The van der Waals surface area contributed by atoms with Gasteiger partial charge in [-0.2, -0.15) is 0 Å². The van der Waals surface area contributed by atoms with Crippen molar-refractivity contribution in [2.75, 3.05) is 13.9 Å². The van der Waals surface area contributed by atoms with Crippen LogP contribution >= 0.6 is 0 Å². The highest BCUT2D eigenvalue weighted by Gasteiger charge is 2.24. The quantitative estimate of drug-likeness (QED) is 0.761. The SMILES string of the molecule is COCOc1ccc(C(C)C)c(F)c1C(O)c1ccc(CO)cc1. The molecule has 2 aromatic rings. The van der Waals surface area contributed by atoms with Crippen molar-refractivity contribution >= 4 is 0 Å². The number of ether oxygens (including phenoxy) is 2. The minimum Gasteiger partial charge on any atom is -0.467 e. The predicted octanol–water partition coefficient (Wildman–Crippen LogP) is 3.51. The summed E-state index contributed by atoms with van der Waals surface area (Å²) in [6.45, 7) is 3.65. The van der Waals surface area contributed by atoms with Gasteiger partial charge in [-0.1, -0.05) is 44.2 Å². The molecule has 0 aromatic heterocycles. The molecule has 1 atom stereocenters. The van der Waals surface area contributed by atoms with Crippen LogP contribution in [0.2, 0.25) is 0 Å². The number of methoxy groups -OCH3 is 1. The first-order valence-corrected chi connectivity index (χ1v) is 7.81. The summed E-state index contributed by atoms with van der Waals surface area (Å²) in [5.74, 6) is -0.251. The van der Waals surface area contributed by atoms with E-state index in [-0.39, 0.29) is 30.6 Å². The Balaban J connectivity index is 2.48. The molecule has 24 heavy (non-hydrogen) atoms. The highest BCUT2D eigenvalue weighted by Crippen LogP contribution is 2.36. The van der Waals surface area contributed by atoms with Crippen LogP contribution in [0.25, 0.3) is 0 Å². The number of hydrogen-bond donors (Lipinski definition) is 2. The van der Waals surface area contributed by atoms with Crippen molar-refractivity contribution in [2.45, 2.75) is 32.5 Å². The number of aliphatic hydroxyl groups excluding tert-OH is 2. The molecule has 0 aliphatic heterocycles. The number of rotatable bonds is 7. The van der Waals surface area contributed by atoms with Gasteiger partial charge in [0.05, 0.1) is 12.2 Å². The van der Waals surface area contributed by atoms with Crippen LogP contribution in [0.5, 0.6) is 5.75 Å². The van der Waals surface area contributed by atoms with Crippen molar-refractivity contribution in [3.8, 4) is 5.75 Å². The highest BCUT2D eigenvalue weighted by molar-refractivity contribution is 5.45. The van der Waals surface area contributed by atoms with Crippen LogP contribution in [0.3, 0.4) is 0 Å². The summed E-state index contributed by atoms with van der Waals surface area (Å²) in [5, 5.41) is 19.8. The van der Waals surface area contributed by atoms with Gasteiger partial charge in [0, 0.05) is 7.11 Å². The van der Waals surface area contributed by atoms with Crippen LogP contribution in [-0.2, 0) is 11.3 Å². The molecular formula is C19H23FO4. The Morgan fingerprint density at radius 3 is 2.29 bits per heavy atom. The van der Waals surface area contributed by atoms with Crippen molar-refractivity contribution in [3.63, 3.8) is 0 Å². The lowest BCUT2D eigenvalue weighted by Crippen LogP contribution is -2.11. The second-order valence-electron chi connectivity index (χ2n) is 5.89. The molecule has 2 rings (SSSR count). The molecule has 2 aromatic carbocycles. The van der Waals surface area contributed by atoms with Crippen molar-refractivity contribution in [2.24, 2.45) is 0 Å². The Morgan fingerprint density at radius 2 is 1.75 bits per heavy atom. The molecule has 1 unspecified atom stereocenters. The summed E-state index contributed by atoms with van der Waals surface area (Å²) >= 11 is 0. The van der Waals surface area contributed by atoms with Crippen LogP contribution in [-0.4, -0.2) is 24.1 Å². The van der Waals surface area contributed by atoms with E-state index in [1.54, 1.807) is 36.4 Å². The van der Waals surface area contributed by atoms with Crippen LogP contribution < -0.4 is 4.74 Å². The van der Waals surface area contributed by atoms with E-state index in [4.69, 9.17) is 14.6 Å². The summed E-state index contributed by atoms with van der Waals surface area (Å²) in [5.41, 5.74) is 1.85. The largest absolute Gasteiger partial charge is 0.467 e. The van der Waals surface area contributed by atoms with E-state index in [1.807, 2.05) is 13.8 Å². The minimum absolute atomic E-state index is 0.0239. The van der Waals surface area contributed by atoms with E-state index in [0.717, 1.165) is 5.56 Å². The monoisotopic (exact) mass is 334 g/mol. The van der Waals surface area contributed by atoms with Gasteiger partial charge in [-0.3, -0.25) is 0 Å². The maximum absolute atomic E-state index is 15.0. The van der Waals surface area contributed by atoms with Gasteiger partial charge >= 0.3 is 0 Å². The second-order valence-corrected chi connectivity index (χ2v) is 5.89. The Kier molecular flexibility index (Phi) is 6.31. The average molecular weight is 334 g/mol. The molecule has 0 spiro atoms. The van der Waals surface area contributed by atoms with Gasteiger partial charge in [0.2, 0.25) is 0 Å². The van der Waals surface area contributed by atoms with Gasteiger partial charge in [-0.15, -0.1) is 0 Å². The molecule has 0 saturated carbocycles. The molecule has 5 heteroatoms. The van der Waals surface area contributed by atoms with Crippen molar-refractivity contribution in [1.29, 1.82) is 0 Å². The number of hydrogen-bond acceptors (Lipinski definition) is 4. The first kappa shape index (κ1) is 18.4. The third kappa shape index (κ3) is 3.93. The molecule has 0 aliphatic rings. The molecular weight excluding hydrogens is 311 g/mol. The van der Waals surface area contributed by atoms with Crippen LogP contribution in [0.1, 0.15) is 48.1 Å². The van der Waals surface area contributed by atoms with Crippen LogP contribution in [0, 0.1) is 5.82 Å². The highest BCUT2D eigenvalue weighted by atomic mass is 19.1. The van der Waals surface area contributed by atoms with E-state index in [2.05, 4.69) is 0 Å². The minimum atomic E-state index is -1.18. The van der Waals surface area contributed by atoms with Crippen molar-refractivity contribution < 1.29 is 24.1 Å². The van der Waals surface area contributed by atoms with Gasteiger partial charge in [-0.25, -0.2) is 4.39 Å². The fraction of sp³-hybridized carbons (Fsp3) is 0.368. The molecule has 2 N–H and O–H groups in total. The van der Waals surface area contributed by atoms with Crippen LogP contribution in [0.4, 0.5) is 4.39 Å². The van der Waals surface area contributed by atoms with E-state index in [1.165, 1.54) is 7.11 Å². The summed E-state index contributed by atoms with van der Waals surface area (Å²) in [7, 11) is 1.47. The standard InChI is InChI=1S/C19H23FO4/c1-12(2)15-8-9-16(24-11-23-3)17(18(15)20)19(22)14-6-4-13(10-21)5-7-14/h4-9,12,19,21-22H,10-11H2,1-3H3. The lowest BCUT2D eigenvalue weighted by atomic mass is 9.93. The normalized spacial score (nSPS) is 12.5. The summed E-state index contributed by atoms with van der Waals surface area (Å²) in [4.78, 5) is 0. The number of aliphatic hydroxyl groups is 2. The maximum Gasteiger partial charge on any atom is 0.188 e. The predicted molar refractivity (Wildman–Crippen MR) is 89.4 cm³/mol. The zero-order valence-electron chi connectivity index (χ0n) is 14.1. The maximum atomic E-state index is 15.0. The van der Waals surface area contributed by atoms with Gasteiger partial charge in [0.1, 0.15) is 17.7 Å². The van der Waals surface area contributed by atoms with E-state index >= 15 is 0 Å². The zero-order valence-corrected chi connectivity index (χ0v) is 14.1. The molecule has 130 valence electrons. The molecule has 0 heterocycles. The van der Waals surface area contributed by atoms with Gasteiger partial charge in [0.15, 0.2) is 6.79 Å². The first-order chi connectivity index (χ1) is 11.5. The molecule has 0 saturated heterocycles. The van der Waals surface area contributed by atoms with E-state index in [9.17, 15) is 9.50 Å².